The van der Waals surface area contributed by atoms with Crippen LogP contribution in [-0.4, -0.2) is 19.1 Å². The average Bonchev–Trinajstić information content (AvgIpc) is 3.28. The van der Waals surface area contributed by atoms with Crippen LogP contribution in [0.2, 0.25) is 5.02 Å². The molecule has 22 heavy (non-hydrogen) atoms. The van der Waals surface area contributed by atoms with E-state index in [0.29, 0.717) is 32.9 Å². The Bertz CT molecular complexity index is 808. The number of nitrogens with one attached hydrogen (secondary N) is 1. The first kappa shape index (κ1) is 14.9. The Morgan fingerprint density at radius 2 is 2.18 bits per heavy atom. The van der Waals surface area contributed by atoms with Crippen LogP contribution in [0.15, 0.2) is 21.3 Å². The van der Waals surface area contributed by atoms with E-state index in [2.05, 4.69) is 5.32 Å². The molecule has 0 spiro atoms. The highest BCUT2D eigenvalue weighted by atomic mass is 35.5. The van der Waals surface area contributed by atoms with E-state index in [1.807, 2.05) is 0 Å². The number of fused-ring (bicyclic) bond motifs is 1. The van der Waals surface area contributed by atoms with Crippen molar-refractivity contribution in [3.8, 4) is 5.75 Å². The van der Waals surface area contributed by atoms with Gasteiger partial charge in [-0.2, -0.15) is 0 Å². The normalized spacial score (nSPS) is 14.1. The highest BCUT2D eigenvalue weighted by Crippen LogP contribution is 2.31. The molecule has 116 valence electrons. The summed E-state index contributed by atoms with van der Waals surface area (Å²) in [4.78, 5) is 24.1. The maximum atomic E-state index is 12.2. The average molecular weight is 322 g/mol. The second-order valence-corrected chi connectivity index (χ2v) is 5.90. The molecule has 0 saturated heterocycles. The molecule has 1 aliphatic rings. The van der Waals surface area contributed by atoms with Crippen LogP contribution in [0.4, 0.5) is 0 Å². The summed E-state index contributed by atoms with van der Waals surface area (Å²) in [6, 6.07) is 3.54. The molecule has 1 N–H and O–H groups in total. The fourth-order valence-corrected chi connectivity index (χ4v) is 2.66. The lowest BCUT2D eigenvalue weighted by atomic mass is 10.0. The van der Waals surface area contributed by atoms with Gasteiger partial charge in [-0.25, -0.2) is 4.79 Å². The zero-order chi connectivity index (χ0) is 15.9. The quantitative estimate of drug-likeness (QED) is 0.879. The molecule has 0 radical (unpaired) electrons. The summed E-state index contributed by atoms with van der Waals surface area (Å²) in [6.45, 7) is 1.79. The third-order valence-corrected chi connectivity index (χ3v) is 4.13. The Morgan fingerprint density at radius 3 is 2.82 bits per heavy atom. The standard InChI is InChI=1S/C16H16ClNO4/c1-8-10-5-12(17)14(21-2)7-13(10)22-16(20)11(8)6-15(19)18-9-3-4-9/h5,7,9H,3-4,6H2,1-2H3,(H,18,19). The van der Waals surface area contributed by atoms with Gasteiger partial charge in [-0.05, 0) is 31.4 Å². The maximum absolute atomic E-state index is 12.2. The summed E-state index contributed by atoms with van der Waals surface area (Å²) in [7, 11) is 1.49. The van der Waals surface area contributed by atoms with Gasteiger partial charge < -0.3 is 14.5 Å². The molecule has 1 aromatic heterocycles. The molecule has 6 heteroatoms. The highest BCUT2D eigenvalue weighted by Gasteiger charge is 2.24. The van der Waals surface area contributed by atoms with Crippen LogP contribution in [0.5, 0.6) is 5.75 Å². The number of aryl methyl sites for hydroxylation is 1. The van der Waals surface area contributed by atoms with Crippen LogP contribution >= 0.6 is 11.6 Å². The van der Waals surface area contributed by atoms with Crippen LogP contribution < -0.4 is 15.7 Å². The van der Waals surface area contributed by atoms with Gasteiger partial charge in [-0.15, -0.1) is 0 Å². The summed E-state index contributed by atoms with van der Waals surface area (Å²) in [5, 5.41) is 4.01. The number of hydrogen-bond acceptors (Lipinski definition) is 4. The summed E-state index contributed by atoms with van der Waals surface area (Å²) < 4.78 is 10.4. The third-order valence-electron chi connectivity index (χ3n) is 3.84. The minimum atomic E-state index is -0.500. The first-order valence-electron chi connectivity index (χ1n) is 7.08. The van der Waals surface area contributed by atoms with Crippen LogP contribution in [-0.2, 0) is 11.2 Å². The smallest absolute Gasteiger partial charge is 0.340 e. The zero-order valence-corrected chi connectivity index (χ0v) is 13.1. The Morgan fingerprint density at radius 1 is 1.45 bits per heavy atom. The van der Waals surface area contributed by atoms with Crippen LogP contribution in [0.1, 0.15) is 24.0 Å². The number of hydrogen-bond donors (Lipinski definition) is 1. The van der Waals surface area contributed by atoms with Crippen molar-refractivity contribution in [2.45, 2.75) is 32.2 Å². The maximum Gasteiger partial charge on any atom is 0.340 e. The molecular formula is C16H16ClNO4. The molecule has 0 unspecified atom stereocenters. The molecule has 1 aromatic carbocycles. The van der Waals surface area contributed by atoms with Crippen molar-refractivity contribution in [1.82, 2.24) is 5.32 Å². The lowest BCUT2D eigenvalue weighted by molar-refractivity contribution is -0.120. The van der Waals surface area contributed by atoms with E-state index in [1.54, 1.807) is 19.1 Å². The molecule has 0 bridgehead atoms. The minimum Gasteiger partial charge on any atom is -0.495 e. The number of ether oxygens (including phenoxy) is 1. The van der Waals surface area contributed by atoms with Crippen molar-refractivity contribution in [2.75, 3.05) is 7.11 Å². The topological polar surface area (TPSA) is 68.5 Å². The van der Waals surface area contributed by atoms with E-state index in [0.717, 1.165) is 12.8 Å². The second kappa shape index (κ2) is 5.65. The van der Waals surface area contributed by atoms with Gasteiger partial charge in [0.05, 0.1) is 24.1 Å². The van der Waals surface area contributed by atoms with Crippen molar-refractivity contribution >= 4 is 28.5 Å². The fourth-order valence-electron chi connectivity index (χ4n) is 2.42. The molecule has 5 nitrogen and oxygen atoms in total. The Labute approximate surface area is 132 Å². The number of rotatable bonds is 4. The van der Waals surface area contributed by atoms with Crippen LogP contribution in [0, 0.1) is 6.92 Å². The van der Waals surface area contributed by atoms with Crippen molar-refractivity contribution in [2.24, 2.45) is 0 Å². The largest absolute Gasteiger partial charge is 0.495 e. The molecule has 0 atom stereocenters. The summed E-state index contributed by atoms with van der Waals surface area (Å²) >= 11 is 6.13. The van der Waals surface area contributed by atoms with Gasteiger partial charge in [0.15, 0.2) is 0 Å². The Balaban J connectivity index is 2.03. The first-order valence-corrected chi connectivity index (χ1v) is 7.46. The Hall–Kier alpha value is -2.01. The number of carbonyl (C=O) groups is 1. The minimum absolute atomic E-state index is 0.0181. The monoisotopic (exact) mass is 321 g/mol. The van der Waals surface area contributed by atoms with Crippen molar-refractivity contribution in [3.63, 3.8) is 0 Å². The summed E-state index contributed by atoms with van der Waals surface area (Å²) in [5.74, 6) is 0.285. The van der Waals surface area contributed by atoms with Gasteiger partial charge >= 0.3 is 5.63 Å². The predicted octanol–water partition coefficient (Wildman–Crippen LogP) is 2.58. The second-order valence-electron chi connectivity index (χ2n) is 5.49. The van der Waals surface area contributed by atoms with Gasteiger partial charge in [0.1, 0.15) is 11.3 Å². The van der Waals surface area contributed by atoms with Crippen molar-refractivity contribution in [3.05, 3.63) is 38.7 Å². The predicted molar refractivity (Wildman–Crippen MR) is 83.7 cm³/mol. The van der Waals surface area contributed by atoms with Gasteiger partial charge in [-0.3, -0.25) is 4.79 Å². The van der Waals surface area contributed by atoms with E-state index in [-0.39, 0.29) is 18.4 Å². The van der Waals surface area contributed by atoms with Gasteiger partial charge in [0.2, 0.25) is 5.91 Å². The SMILES string of the molecule is COc1cc2oc(=O)c(CC(=O)NC3CC3)c(C)c2cc1Cl. The number of amides is 1. The lowest BCUT2D eigenvalue weighted by Gasteiger charge is -2.10. The van der Waals surface area contributed by atoms with Gasteiger partial charge in [-0.1, -0.05) is 11.6 Å². The summed E-state index contributed by atoms with van der Waals surface area (Å²) in [6.07, 6.45) is 2.03. The van der Waals surface area contributed by atoms with Crippen molar-refractivity contribution < 1.29 is 13.9 Å². The molecule has 1 heterocycles. The molecular weight excluding hydrogens is 306 g/mol. The first-order chi connectivity index (χ1) is 10.5. The van der Waals surface area contributed by atoms with Crippen LogP contribution in [0.25, 0.3) is 11.0 Å². The number of carbonyl (C=O) groups excluding carboxylic acids is 1. The van der Waals surface area contributed by atoms with E-state index >= 15 is 0 Å². The van der Waals surface area contributed by atoms with Crippen molar-refractivity contribution in [1.29, 1.82) is 0 Å². The number of halogens is 1. The van der Waals surface area contributed by atoms with Crippen LogP contribution in [0.3, 0.4) is 0 Å². The lowest BCUT2D eigenvalue weighted by Crippen LogP contribution is -2.29. The highest BCUT2D eigenvalue weighted by molar-refractivity contribution is 6.32. The van der Waals surface area contributed by atoms with Gasteiger partial charge in [0.25, 0.3) is 0 Å². The molecule has 0 aliphatic heterocycles. The van der Waals surface area contributed by atoms with E-state index < -0.39 is 5.63 Å². The van der Waals surface area contributed by atoms with E-state index in [1.165, 1.54) is 7.11 Å². The summed E-state index contributed by atoms with van der Waals surface area (Å²) in [5.41, 5.74) is 0.976. The molecule has 1 aliphatic carbocycles. The number of benzene rings is 1. The third kappa shape index (κ3) is 2.81. The molecule has 1 saturated carbocycles. The van der Waals surface area contributed by atoms with Gasteiger partial charge in [0, 0.05) is 17.5 Å². The Kier molecular flexibility index (Phi) is 3.83. The molecule has 1 amide bonds. The molecule has 3 rings (SSSR count). The fraction of sp³-hybridized carbons (Fsp3) is 0.375. The van der Waals surface area contributed by atoms with E-state index in [9.17, 15) is 9.59 Å². The number of methoxy groups -OCH3 is 1. The van der Waals surface area contributed by atoms with E-state index in [4.69, 9.17) is 20.8 Å². The molecule has 1 fully saturated rings. The zero-order valence-electron chi connectivity index (χ0n) is 12.4. The molecule has 2 aromatic rings.